The molecule has 2 aliphatic carbocycles. The summed E-state index contributed by atoms with van der Waals surface area (Å²) in [5.41, 5.74) is 1.34. The van der Waals surface area contributed by atoms with Crippen molar-refractivity contribution < 1.29 is 22.6 Å². The van der Waals surface area contributed by atoms with E-state index in [1.807, 2.05) is 6.07 Å². The van der Waals surface area contributed by atoms with Gasteiger partial charge in [0.1, 0.15) is 0 Å². The molecule has 0 spiro atoms. The van der Waals surface area contributed by atoms with Gasteiger partial charge in [-0.1, -0.05) is 24.6 Å². The molecule has 2 aliphatic rings. The van der Waals surface area contributed by atoms with E-state index < -0.39 is 6.36 Å². The normalized spacial score (nSPS) is 19.2. The third kappa shape index (κ3) is 4.25. The molecule has 0 aliphatic heterocycles. The SMILES string of the molecule is Cc1c(C/C=C/C2CCC2)ccc(OC2CCC2)c1OC(F)(F)F. The molecule has 1 aromatic rings. The van der Waals surface area contributed by atoms with Gasteiger partial charge in [-0.05, 0) is 68.6 Å². The Morgan fingerprint density at radius 2 is 1.83 bits per heavy atom. The minimum atomic E-state index is -4.72. The van der Waals surface area contributed by atoms with Crippen LogP contribution >= 0.6 is 0 Å². The van der Waals surface area contributed by atoms with Crippen LogP contribution in [0.2, 0.25) is 0 Å². The molecule has 2 nitrogen and oxygen atoms in total. The number of ether oxygens (including phenoxy) is 2. The van der Waals surface area contributed by atoms with Gasteiger partial charge < -0.3 is 9.47 Å². The van der Waals surface area contributed by atoms with Gasteiger partial charge in [-0.25, -0.2) is 0 Å². The number of hydrogen-bond acceptors (Lipinski definition) is 2. The van der Waals surface area contributed by atoms with Gasteiger partial charge in [-0.3, -0.25) is 0 Å². The monoisotopic (exact) mass is 340 g/mol. The second-order valence-electron chi connectivity index (χ2n) is 6.72. The summed E-state index contributed by atoms with van der Waals surface area (Å²) < 4.78 is 48.3. The zero-order valence-corrected chi connectivity index (χ0v) is 13.9. The molecule has 0 radical (unpaired) electrons. The maximum absolute atomic E-state index is 12.8. The average Bonchev–Trinajstić information content (AvgIpc) is 2.40. The number of rotatable bonds is 6. The van der Waals surface area contributed by atoms with Gasteiger partial charge in [0, 0.05) is 0 Å². The molecule has 2 fully saturated rings. The number of hydrogen-bond donors (Lipinski definition) is 0. The van der Waals surface area contributed by atoms with E-state index in [1.54, 1.807) is 13.0 Å². The first-order chi connectivity index (χ1) is 11.4. The predicted molar refractivity (Wildman–Crippen MR) is 86.3 cm³/mol. The van der Waals surface area contributed by atoms with Crippen LogP contribution in [0.25, 0.3) is 0 Å². The maximum atomic E-state index is 12.8. The summed E-state index contributed by atoms with van der Waals surface area (Å²) in [6.07, 6.45) is 6.65. The van der Waals surface area contributed by atoms with Gasteiger partial charge >= 0.3 is 6.36 Å². The topological polar surface area (TPSA) is 18.5 Å². The fourth-order valence-electron chi connectivity index (χ4n) is 2.95. The Morgan fingerprint density at radius 1 is 1.12 bits per heavy atom. The van der Waals surface area contributed by atoms with Crippen molar-refractivity contribution in [3.8, 4) is 11.5 Å². The maximum Gasteiger partial charge on any atom is 0.573 e. The Balaban J connectivity index is 1.78. The fourth-order valence-corrected chi connectivity index (χ4v) is 2.95. The quantitative estimate of drug-likeness (QED) is 0.616. The molecular weight excluding hydrogens is 317 g/mol. The van der Waals surface area contributed by atoms with Crippen LogP contribution in [0.4, 0.5) is 13.2 Å². The van der Waals surface area contributed by atoms with Gasteiger partial charge in [0.25, 0.3) is 0 Å². The summed E-state index contributed by atoms with van der Waals surface area (Å²) in [7, 11) is 0. The largest absolute Gasteiger partial charge is 0.573 e. The molecule has 0 atom stereocenters. The Hall–Kier alpha value is -1.65. The van der Waals surface area contributed by atoms with Crippen LogP contribution in [0.1, 0.15) is 49.7 Å². The fraction of sp³-hybridized carbons (Fsp3) is 0.579. The van der Waals surface area contributed by atoms with Crippen LogP contribution in [0.15, 0.2) is 24.3 Å². The Morgan fingerprint density at radius 3 is 2.38 bits per heavy atom. The van der Waals surface area contributed by atoms with Crippen molar-refractivity contribution in [2.45, 2.75) is 64.3 Å². The molecule has 0 amide bonds. The second-order valence-corrected chi connectivity index (χ2v) is 6.72. The summed E-state index contributed by atoms with van der Waals surface area (Å²) >= 11 is 0. The van der Waals surface area contributed by atoms with Gasteiger partial charge in [0.2, 0.25) is 0 Å². The highest BCUT2D eigenvalue weighted by molar-refractivity contribution is 5.51. The predicted octanol–water partition coefficient (Wildman–Crippen LogP) is 5.72. The molecule has 0 heterocycles. The Bertz CT molecular complexity index is 599. The number of halogens is 3. The van der Waals surface area contributed by atoms with Crippen LogP contribution in [0.5, 0.6) is 11.5 Å². The van der Waals surface area contributed by atoms with E-state index >= 15 is 0 Å². The Kier molecular flexibility index (Phi) is 5.07. The van der Waals surface area contributed by atoms with E-state index in [2.05, 4.69) is 16.9 Å². The lowest BCUT2D eigenvalue weighted by molar-refractivity contribution is -0.275. The van der Waals surface area contributed by atoms with E-state index in [0.717, 1.165) is 24.8 Å². The highest BCUT2D eigenvalue weighted by Crippen LogP contribution is 2.39. The van der Waals surface area contributed by atoms with Crippen LogP contribution in [0, 0.1) is 12.8 Å². The van der Waals surface area contributed by atoms with Gasteiger partial charge in [-0.2, -0.15) is 0 Å². The highest BCUT2D eigenvalue weighted by atomic mass is 19.4. The standard InChI is InChI=1S/C19H23F3O2/c1-13-15(8-3-7-14-5-2-6-14)11-12-17(23-16-9-4-10-16)18(13)24-19(20,21)22/h3,7,11-12,14,16H,2,4-6,8-10H2,1H3/b7-3+. The van der Waals surface area contributed by atoms with Crippen molar-refractivity contribution in [3.63, 3.8) is 0 Å². The van der Waals surface area contributed by atoms with Crippen molar-refractivity contribution in [1.29, 1.82) is 0 Å². The van der Waals surface area contributed by atoms with Crippen LogP contribution in [-0.2, 0) is 6.42 Å². The summed E-state index contributed by atoms with van der Waals surface area (Å²) in [4.78, 5) is 0. The molecule has 3 rings (SSSR count). The molecular formula is C19H23F3O2. The molecule has 0 aromatic heterocycles. The molecule has 0 saturated heterocycles. The smallest absolute Gasteiger partial charge is 0.487 e. The van der Waals surface area contributed by atoms with Gasteiger partial charge in [0.15, 0.2) is 11.5 Å². The lowest BCUT2D eigenvalue weighted by Crippen LogP contribution is -2.26. The average molecular weight is 340 g/mol. The lowest BCUT2D eigenvalue weighted by Gasteiger charge is -2.28. The van der Waals surface area contributed by atoms with Crippen molar-refractivity contribution >= 4 is 0 Å². The molecule has 2 saturated carbocycles. The number of allylic oxidation sites excluding steroid dienone is 2. The molecule has 0 N–H and O–H groups in total. The van der Waals surface area contributed by atoms with E-state index in [-0.39, 0.29) is 17.6 Å². The van der Waals surface area contributed by atoms with Crippen LogP contribution in [-0.4, -0.2) is 12.5 Å². The van der Waals surface area contributed by atoms with E-state index in [1.165, 1.54) is 19.3 Å². The van der Waals surface area contributed by atoms with Crippen molar-refractivity contribution in [3.05, 3.63) is 35.4 Å². The van der Waals surface area contributed by atoms with Crippen molar-refractivity contribution in [1.82, 2.24) is 0 Å². The van der Waals surface area contributed by atoms with E-state index in [9.17, 15) is 13.2 Å². The van der Waals surface area contributed by atoms with Gasteiger partial charge in [-0.15, -0.1) is 13.2 Å². The zero-order valence-electron chi connectivity index (χ0n) is 13.9. The minimum absolute atomic E-state index is 0.00402. The van der Waals surface area contributed by atoms with Crippen LogP contribution in [0.3, 0.4) is 0 Å². The third-order valence-electron chi connectivity index (χ3n) is 4.94. The van der Waals surface area contributed by atoms with Crippen molar-refractivity contribution in [2.24, 2.45) is 5.92 Å². The third-order valence-corrected chi connectivity index (χ3v) is 4.94. The van der Waals surface area contributed by atoms with E-state index in [0.29, 0.717) is 17.9 Å². The van der Waals surface area contributed by atoms with Gasteiger partial charge in [0.05, 0.1) is 6.10 Å². The first kappa shape index (κ1) is 17.2. The summed E-state index contributed by atoms with van der Waals surface area (Å²) in [5, 5.41) is 0. The minimum Gasteiger partial charge on any atom is -0.487 e. The summed E-state index contributed by atoms with van der Waals surface area (Å²) in [6.45, 7) is 1.67. The molecule has 1 aromatic carbocycles. The zero-order chi connectivity index (χ0) is 17.2. The van der Waals surface area contributed by atoms with E-state index in [4.69, 9.17) is 4.74 Å². The molecule has 132 valence electrons. The molecule has 0 unspecified atom stereocenters. The molecule has 24 heavy (non-hydrogen) atoms. The second kappa shape index (κ2) is 7.08. The first-order valence-electron chi connectivity index (χ1n) is 8.64. The molecule has 0 bridgehead atoms. The number of alkyl halides is 3. The van der Waals surface area contributed by atoms with Crippen LogP contribution < -0.4 is 9.47 Å². The highest BCUT2D eigenvalue weighted by Gasteiger charge is 2.34. The summed E-state index contributed by atoms with van der Waals surface area (Å²) in [6, 6.07) is 3.45. The van der Waals surface area contributed by atoms with Crippen molar-refractivity contribution in [2.75, 3.05) is 0 Å². The number of benzene rings is 1. The molecule has 5 heteroatoms. The first-order valence-corrected chi connectivity index (χ1v) is 8.64. The lowest BCUT2D eigenvalue weighted by atomic mass is 9.85. The summed E-state index contributed by atoms with van der Waals surface area (Å²) in [5.74, 6) is 0.641. The Labute approximate surface area is 140 Å².